The molecule has 0 bridgehead atoms. The largest absolute Gasteiger partial charge is 0.458 e. The molecule has 14 nitrogen and oxygen atoms in total. The van der Waals surface area contributed by atoms with E-state index in [1.54, 1.807) is 20.8 Å². The van der Waals surface area contributed by atoms with E-state index >= 15 is 0 Å². The number of carbonyl (C=O) groups excluding carboxylic acids is 5. The Labute approximate surface area is 241 Å². The second kappa shape index (κ2) is 12.4. The van der Waals surface area contributed by atoms with Gasteiger partial charge in [-0.2, -0.15) is 5.10 Å². The van der Waals surface area contributed by atoms with E-state index in [0.717, 1.165) is 6.20 Å². The van der Waals surface area contributed by atoms with E-state index in [9.17, 15) is 32.4 Å². The van der Waals surface area contributed by atoms with Crippen molar-refractivity contribution in [1.82, 2.24) is 24.7 Å². The minimum atomic E-state index is -4.80. The lowest BCUT2D eigenvalue weighted by Crippen LogP contribution is -2.60. The number of benzene rings is 1. The maximum absolute atomic E-state index is 14.0. The van der Waals surface area contributed by atoms with E-state index in [1.165, 1.54) is 50.2 Å². The van der Waals surface area contributed by atoms with Gasteiger partial charge < -0.3 is 14.4 Å². The Morgan fingerprint density at radius 3 is 2.29 bits per heavy atom. The summed E-state index contributed by atoms with van der Waals surface area (Å²) in [5.74, 6) is -2.12. The number of rotatable bonds is 8. The zero-order valence-electron chi connectivity index (χ0n) is 23.3. The summed E-state index contributed by atoms with van der Waals surface area (Å²) < 4.78 is 39.0. The first-order valence-electron chi connectivity index (χ1n) is 12.3. The number of aryl methyl sites for hydroxylation is 1. The fourth-order valence-corrected chi connectivity index (χ4v) is 6.04. The molecule has 3 rings (SSSR count). The molecule has 1 aromatic carbocycles. The summed E-state index contributed by atoms with van der Waals surface area (Å²) in [6, 6.07) is 2.38. The van der Waals surface area contributed by atoms with Crippen LogP contribution in [0, 0.1) is 6.92 Å². The monoisotopic (exact) mass is 609 g/mol. The summed E-state index contributed by atoms with van der Waals surface area (Å²) >= 11 is 0.287. The number of ether oxygens (including phenoxy) is 2. The minimum absolute atomic E-state index is 0.0188. The predicted octanol–water partition coefficient (Wildman–Crippen LogP) is 1.01. The lowest BCUT2D eigenvalue weighted by atomic mass is 10.0. The van der Waals surface area contributed by atoms with Gasteiger partial charge in [0, 0.05) is 26.7 Å². The molecular formula is C25H31N5O9S2. The van der Waals surface area contributed by atoms with E-state index in [1.807, 2.05) is 0 Å². The van der Waals surface area contributed by atoms with Crippen molar-refractivity contribution in [2.24, 2.45) is 0 Å². The molecule has 2 aromatic rings. The fraction of sp³-hybridized carbons (Fsp3) is 0.440. The summed E-state index contributed by atoms with van der Waals surface area (Å²) in [5, 5.41) is 7.25. The highest BCUT2D eigenvalue weighted by molar-refractivity contribution is 8.26. The van der Waals surface area contributed by atoms with Crippen LogP contribution in [-0.4, -0.2) is 94.3 Å². The first-order chi connectivity index (χ1) is 19.0. The first-order valence-corrected chi connectivity index (χ1v) is 14.5. The van der Waals surface area contributed by atoms with Crippen LogP contribution < -0.4 is 10.1 Å². The van der Waals surface area contributed by atoms with Crippen molar-refractivity contribution >= 4 is 50.0 Å². The Hall–Kier alpha value is -3.76. The Bertz CT molecular complexity index is 1450. The number of hydrogen-bond donors (Lipinski definition) is 2. The van der Waals surface area contributed by atoms with Crippen LogP contribution in [0.1, 0.15) is 32.0 Å². The molecule has 16 heteroatoms. The average molecular weight is 610 g/mol. The van der Waals surface area contributed by atoms with Crippen molar-refractivity contribution in [2.75, 3.05) is 20.6 Å². The van der Waals surface area contributed by atoms with E-state index < -0.39 is 60.8 Å². The summed E-state index contributed by atoms with van der Waals surface area (Å²) in [5.41, 5.74) is -0.662. The maximum atomic E-state index is 14.0. The molecule has 0 aliphatic carbocycles. The first kappa shape index (κ1) is 31.8. The standard InChI is InChI=1S/C25H31N5O9S2/c1-14-18(12-27-28-14)41(36,37)30(21(32)20-23(34)40-19(31)13-26-20)17(22(33)39-25(2,3)4)11-15-7-9-16(10-8-15)38-24(35)29(5)6/h7-10,12,17,20,26H,11,13H2,1-6H3,(H,27,28)/t17-,20?/m0/s1. The zero-order valence-corrected chi connectivity index (χ0v) is 24.9. The molecule has 1 fully saturated rings. The van der Waals surface area contributed by atoms with Gasteiger partial charge in [-0.15, -0.1) is 0 Å². The highest BCUT2D eigenvalue weighted by atomic mass is 32.2. The third kappa shape index (κ3) is 7.71. The number of sulfonamides is 1. The van der Waals surface area contributed by atoms with Gasteiger partial charge in [-0.1, -0.05) is 12.1 Å². The Morgan fingerprint density at radius 2 is 1.78 bits per heavy atom. The van der Waals surface area contributed by atoms with E-state index in [4.69, 9.17) is 9.47 Å². The number of aromatic amines is 1. The lowest BCUT2D eigenvalue weighted by molar-refractivity contribution is -0.162. The van der Waals surface area contributed by atoms with Gasteiger partial charge in [0.25, 0.3) is 15.9 Å². The highest BCUT2D eigenvalue weighted by Gasteiger charge is 2.47. The topological polar surface area (TPSA) is 185 Å². The molecule has 1 aliphatic rings. The van der Waals surface area contributed by atoms with Crippen LogP contribution in [0.15, 0.2) is 35.4 Å². The second-order valence-electron chi connectivity index (χ2n) is 10.2. The van der Waals surface area contributed by atoms with Crippen molar-refractivity contribution < 1.29 is 41.9 Å². The molecule has 2 N–H and O–H groups in total. The Morgan fingerprint density at radius 1 is 1.15 bits per heavy atom. The summed E-state index contributed by atoms with van der Waals surface area (Å²) in [7, 11) is -1.78. The Kier molecular flexibility index (Phi) is 9.61. The number of nitrogens with one attached hydrogen (secondary N) is 2. The highest BCUT2D eigenvalue weighted by Crippen LogP contribution is 2.27. The number of nitrogens with zero attached hydrogens (tertiary/aromatic N) is 3. The van der Waals surface area contributed by atoms with Crippen LogP contribution in [0.2, 0.25) is 0 Å². The van der Waals surface area contributed by atoms with Crippen molar-refractivity contribution in [3.8, 4) is 5.75 Å². The van der Waals surface area contributed by atoms with Crippen molar-refractivity contribution in [3.05, 3.63) is 41.7 Å². The molecule has 2 amide bonds. The van der Waals surface area contributed by atoms with Crippen molar-refractivity contribution in [1.29, 1.82) is 0 Å². The van der Waals surface area contributed by atoms with Crippen LogP contribution in [0.25, 0.3) is 0 Å². The van der Waals surface area contributed by atoms with Crippen LogP contribution in [0.5, 0.6) is 5.75 Å². The van der Waals surface area contributed by atoms with Crippen molar-refractivity contribution in [2.45, 2.75) is 56.7 Å². The third-order valence-electron chi connectivity index (χ3n) is 5.57. The average Bonchev–Trinajstić information content (AvgIpc) is 3.30. The molecule has 222 valence electrons. The van der Waals surface area contributed by atoms with Gasteiger partial charge in [-0.25, -0.2) is 22.3 Å². The molecule has 1 aliphatic heterocycles. The molecule has 0 saturated carbocycles. The molecule has 0 spiro atoms. The fourth-order valence-electron chi connectivity index (χ4n) is 3.69. The molecule has 1 saturated heterocycles. The summed E-state index contributed by atoms with van der Waals surface area (Å²) in [6.45, 7) is 5.75. The summed E-state index contributed by atoms with van der Waals surface area (Å²) in [4.78, 5) is 64.5. The number of amides is 2. The van der Waals surface area contributed by atoms with E-state index in [-0.39, 0.29) is 36.2 Å². The van der Waals surface area contributed by atoms with Gasteiger partial charge in [0.1, 0.15) is 22.3 Å². The lowest BCUT2D eigenvalue weighted by Gasteiger charge is -2.34. The Balaban J connectivity index is 2.11. The predicted molar refractivity (Wildman–Crippen MR) is 146 cm³/mol. The number of thioether (sulfide) groups is 1. The van der Waals surface area contributed by atoms with E-state index in [0.29, 0.717) is 9.87 Å². The quantitative estimate of drug-likeness (QED) is 0.320. The second-order valence-corrected chi connectivity index (χ2v) is 13.1. The number of H-pyrrole nitrogens is 1. The zero-order chi connectivity index (χ0) is 30.7. The minimum Gasteiger partial charge on any atom is -0.458 e. The SMILES string of the molecule is Cc1n[nH]cc1S(=O)(=O)N(C(=O)C1NCC(=O)SC1=O)[C@@H](Cc1ccc(OC(=O)N(C)C)cc1)C(=O)OC(C)(C)C. The van der Waals surface area contributed by atoms with Crippen LogP contribution in [0.4, 0.5) is 4.79 Å². The van der Waals surface area contributed by atoms with Gasteiger partial charge in [0.2, 0.25) is 10.2 Å². The maximum Gasteiger partial charge on any atom is 0.414 e. The number of esters is 1. The molecular weight excluding hydrogens is 578 g/mol. The molecule has 0 radical (unpaired) electrons. The number of aromatic nitrogens is 2. The van der Waals surface area contributed by atoms with Gasteiger partial charge >= 0.3 is 12.1 Å². The van der Waals surface area contributed by atoms with Gasteiger partial charge in [-0.3, -0.25) is 24.8 Å². The van der Waals surface area contributed by atoms with Gasteiger partial charge in [0.05, 0.1) is 12.2 Å². The van der Waals surface area contributed by atoms with Crippen LogP contribution in [-0.2, 0) is 40.4 Å². The summed E-state index contributed by atoms with van der Waals surface area (Å²) in [6.07, 6.45) is 0.0779. The molecule has 2 heterocycles. The normalized spacial score (nSPS) is 16.6. The van der Waals surface area contributed by atoms with Crippen molar-refractivity contribution in [3.63, 3.8) is 0 Å². The molecule has 41 heavy (non-hydrogen) atoms. The molecule has 1 unspecified atom stereocenters. The van der Waals surface area contributed by atoms with Gasteiger partial charge in [-0.05, 0) is 57.2 Å². The van der Waals surface area contributed by atoms with Gasteiger partial charge in [0.15, 0.2) is 6.04 Å². The molecule has 2 atom stereocenters. The third-order valence-corrected chi connectivity index (χ3v) is 8.30. The molecule has 1 aromatic heterocycles. The smallest absolute Gasteiger partial charge is 0.414 e. The van der Waals surface area contributed by atoms with E-state index in [2.05, 4.69) is 15.5 Å². The number of carbonyl (C=O) groups is 5. The number of hydrogen-bond acceptors (Lipinski definition) is 12. The van der Waals surface area contributed by atoms with Crippen LogP contribution >= 0.6 is 11.8 Å². The van der Waals surface area contributed by atoms with Crippen LogP contribution in [0.3, 0.4) is 0 Å².